The molecule has 9 heteroatoms. The van der Waals surface area contributed by atoms with Crippen LogP contribution in [-0.4, -0.2) is 36.1 Å². The van der Waals surface area contributed by atoms with Crippen molar-refractivity contribution in [2.75, 3.05) is 31.1 Å². The van der Waals surface area contributed by atoms with E-state index in [1.165, 1.54) is 37.6 Å². The van der Waals surface area contributed by atoms with Crippen LogP contribution >= 0.6 is 23.2 Å². The number of aromatic nitrogens is 1. The first-order valence-electron chi connectivity index (χ1n) is 11.1. The summed E-state index contributed by atoms with van der Waals surface area (Å²) in [5, 5.41) is 0.380. The maximum absolute atomic E-state index is 14.0. The van der Waals surface area contributed by atoms with Crippen LogP contribution < -0.4 is 22.1 Å². The highest BCUT2D eigenvalue weighted by Gasteiger charge is 2.17. The number of allylic oxidation sites excluding steroid dienone is 1. The van der Waals surface area contributed by atoms with Gasteiger partial charge in [-0.3, -0.25) is 0 Å². The van der Waals surface area contributed by atoms with Gasteiger partial charge in [0.2, 0.25) is 0 Å². The van der Waals surface area contributed by atoms with E-state index in [0.717, 1.165) is 30.2 Å². The molecule has 6 nitrogen and oxygen atoms in total. The molecular formula is C24H31Cl2FN6. The second-order valence-corrected chi connectivity index (χ2v) is 8.79. The van der Waals surface area contributed by atoms with Crippen LogP contribution in [0.2, 0.25) is 10.0 Å². The fourth-order valence-corrected chi connectivity index (χ4v) is 4.38. The van der Waals surface area contributed by atoms with Gasteiger partial charge in [0.25, 0.3) is 0 Å². The van der Waals surface area contributed by atoms with E-state index in [-0.39, 0.29) is 11.6 Å². The molecule has 1 fully saturated rings. The lowest BCUT2D eigenvalue weighted by molar-refractivity contribution is 0.338. The van der Waals surface area contributed by atoms with Gasteiger partial charge in [-0.25, -0.2) is 9.37 Å². The third-order valence-corrected chi connectivity index (χ3v) is 6.54. The van der Waals surface area contributed by atoms with Gasteiger partial charge in [0.1, 0.15) is 11.6 Å². The minimum Gasteiger partial charge on any atom is -0.403 e. The molecule has 33 heavy (non-hydrogen) atoms. The molecule has 1 aromatic heterocycles. The van der Waals surface area contributed by atoms with E-state index < -0.39 is 5.82 Å². The largest absolute Gasteiger partial charge is 0.403 e. The summed E-state index contributed by atoms with van der Waals surface area (Å²) in [5.41, 5.74) is 20.7. The van der Waals surface area contributed by atoms with E-state index in [1.54, 1.807) is 6.20 Å². The second kappa shape index (κ2) is 12.1. The fourth-order valence-electron chi connectivity index (χ4n) is 3.89. The van der Waals surface area contributed by atoms with Crippen molar-refractivity contribution in [2.24, 2.45) is 17.2 Å². The van der Waals surface area contributed by atoms with Gasteiger partial charge in [-0.05, 0) is 43.5 Å². The maximum Gasteiger partial charge on any atom is 0.142 e. The highest BCUT2D eigenvalue weighted by molar-refractivity contribution is 6.36. The van der Waals surface area contributed by atoms with Crippen LogP contribution in [0.3, 0.4) is 0 Å². The van der Waals surface area contributed by atoms with Crippen molar-refractivity contribution < 1.29 is 4.39 Å². The van der Waals surface area contributed by atoms with Gasteiger partial charge >= 0.3 is 0 Å². The summed E-state index contributed by atoms with van der Waals surface area (Å²) in [6, 6.07) is 6.73. The number of halogens is 3. The summed E-state index contributed by atoms with van der Waals surface area (Å²) in [4.78, 5) is 8.82. The third-order valence-electron chi connectivity index (χ3n) is 5.78. The summed E-state index contributed by atoms with van der Waals surface area (Å²) in [7, 11) is 0. The second-order valence-electron chi connectivity index (χ2n) is 8.01. The Hall–Kier alpha value is -2.48. The number of hydrogen-bond acceptors (Lipinski definition) is 6. The van der Waals surface area contributed by atoms with Crippen LogP contribution in [0, 0.1) is 5.82 Å². The van der Waals surface area contributed by atoms with Gasteiger partial charge in [-0.15, -0.1) is 0 Å². The van der Waals surface area contributed by atoms with Crippen LogP contribution in [0.5, 0.6) is 0 Å². The molecule has 0 saturated carbocycles. The Labute approximate surface area is 204 Å². The van der Waals surface area contributed by atoms with E-state index in [9.17, 15) is 4.39 Å². The molecule has 2 heterocycles. The molecule has 3 rings (SSSR count). The number of nitrogens with two attached hydrogens (primary N) is 3. The van der Waals surface area contributed by atoms with Crippen molar-refractivity contribution in [3.8, 4) is 0 Å². The lowest BCUT2D eigenvalue weighted by atomic mass is 10.1. The fraction of sp³-hybridized carbons (Fsp3) is 0.375. The zero-order valence-electron chi connectivity index (χ0n) is 18.6. The SMILES string of the molecule is N/C=C(\C/C=C(\N)c1ccc(N2CCCCC2)nc1)N(CCN)Cc1c(Cl)ccc(F)c1Cl. The van der Waals surface area contributed by atoms with Crippen LogP contribution in [0.15, 0.2) is 48.4 Å². The summed E-state index contributed by atoms with van der Waals surface area (Å²) in [5.74, 6) is 0.457. The molecule has 0 amide bonds. The van der Waals surface area contributed by atoms with Crippen LogP contribution in [0.1, 0.15) is 36.8 Å². The number of rotatable bonds is 9. The lowest BCUT2D eigenvalue weighted by Gasteiger charge is -2.28. The minimum absolute atomic E-state index is 0.00387. The van der Waals surface area contributed by atoms with E-state index in [4.69, 9.17) is 40.4 Å². The van der Waals surface area contributed by atoms with Crippen molar-refractivity contribution in [1.82, 2.24) is 9.88 Å². The van der Waals surface area contributed by atoms with Crippen molar-refractivity contribution >= 4 is 34.7 Å². The van der Waals surface area contributed by atoms with Crippen molar-refractivity contribution in [1.29, 1.82) is 0 Å². The molecule has 0 unspecified atom stereocenters. The summed E-state index contributed by atoms with van der Waals surface area (Å²) in [6.45, 7) is 3.22. The number of benzene rings is 1. The summed E-state index contributed by atoms with van der Waals surface area (Å²) in [6.07, 6.45) is 9.31. The highest BCUT2D eigenvalue weighted by Crippen LogP contribution is 2.30. The van der Waals surface area contributed by atoms with Crippen molar-refractivity contribution in [2.45, 2.75) is 32.2 Å². The number of anilines is 1. The topological polar surface area (TPSA) is 97.4 Å². The highest BCUT2D eigenvalue weighted by atomic mass is 35.5. The van der Waals surface area contributed by atoms with Gasteiger partial charge in [-0.1, -0.05) is 29.3 Å². The standard InChI is InChI=1S/C24H31Cl2FN6/c25-20-6-7-21(27)24(26)19(20)16-33(13-10-28)18(14-29)5-8-22(30)17-4-9-23(31-15-17)32-11-2-1-3-12-32/h4,6-9,14-15H,1-3,5,10-13,16,28-30H2/b18-14+,22-8-. The summed E-state index contributed by atoms with van der Waals surface area (Å²) >= 11 is 12.4. The lowest BCUT2D eigenvalue weighted by Crippen LogP contribution is -2.30. The molecule has 0 bridgehead atoms. The van der Waals surface area contributed by atoms with Crippen molar-refractivity contribution in [3.05, 3.63) is 75.4 Å². The van der Waals surface area contributed by atoms with Gasteiger partial charge in [0.05, 0.1) is 5.02 Å². The van der Waals surface area contributed by atoms with Crippen LogP contribution in [0.25, 0.3) is 5.70 Å². The smallest absolute Gasteiger partial charge is 0.142 e. The molecule has 0 radical (unpaired) electrons. The van der Waals surface area contributed by atoms with Gasteiger partial charge in [0.15, 0.2) is 0 Å². The molecule has 0 spiro atoms. The van der Waals surface area contributed by atoms with Gasteiger partial charge in [-0.2, -0.15) is 0 Å². The average molecular weight is 493 g/mol. The first-order chi connectivity index (χ1) is 15.9. The van der Waals surface area contributed by atoms with E-state index >= 15 is 0 Å². The van der Waals surface area contributed by atoms with E-state index in [2.05, 4.69) is 9.88 Å². The minimum atomic E-state index is -0.522. The Morgan fingerprint density at radius 1 is 1.15 bits per heavy atom. The number of pyridine rings is 1. The number of hydrogen-bond donors (Lipinski definition) is 3. The molecule has 2 aromatic rings. The number of nitrogens with zero attached hydrogens (tertiary/aromatic N) is 3. The average Bonchev–Trinajstić information content (AvgIpc) is 2.85. The Morgan fingerprint density at radius 2 is 1.91 bits per heavy atom. The Kier molecular flexibility index (Phi) is 9.23. The Bertz CT molecular complexity index is 987. The van der Waals surface area contributed by atoms with Crippen LogP contribution in [-0.2, 0) is 6.54 Å². The molecule has 1 aromatic carbocycles. The molecular weight excluding hydrogens is 462 g/mol. The normalized spacial score (nSPS) is 15.1. The molecule has 0 atom stereocenters. The Morgan fingerprint density at radius 3 is 2.55 bits per heavy atom. The van der Waals surface area contributed by atoms with E-state index in [0.29, 0.717) is 35.8 Å². The zero-order valence-corrected chi connectivity index (χ0v) is 20.1. The third kappa shape index (κ3) is 6.53. The molecule has 1 aliphatic heterocycles. The first kappa shape index (κ1) is 25.1. The Balaban J connectivity index is 1.72. The molecule has 6 N–H and O–H groups in total. The van der Waals surface area contributed by atoms with E-state index in [1.807, 2.05) is 23.1 Å². The predicted molar refractivity (Wildman–Crippen MR) is 135 cm³/mol. The van der Waals surface area contributed by atoms with Crippen LogP contribution in [0.4, 0.5) is 10.2 Å². The predicted octanol–water partition coefficient (Wildman–Crippen LogP) is 4.47. The molecule has 1 aliphatic rings. The van der Waals surface area contributed by atoms with Gasteiger partial charge < -0.3 is 27.0 Å². The summed E-state index contributed by atoms with van der Waals surface area (Å²) < 4.78 is 14.0. The maximum atomic E-state index is 14.0. The quantitative estimate of drug-likeness (QED) is 0.446. The molecule has 1 saturated heterocycles. The number of piperidine rings is 1. The van der Waals surface area contributed by atoms with Crippen molar-refractivity contribution in [3.63, 3.8) is 0 Å². The molecule has 178 valence electrons. The zero-order chi connectivity index (χ0) is 23.8. The first-order valence-corrected chi connectivity index (χ1v) is 11.8. The van der Waals surface area contributed by atoms with Gasteiger partial charge in [0, 0.05) is 79.1 Å². The molecule has 0 aliphatic carbocycles. The monoisotopic (exact) mass is 492 g/mol.